The molecule has 8 heteroatoms. The maximum absolute atomic E-state index is 12.5. The van der Waals surface area contributed by atoms with Crippen LogP contribution in [0.15, 0.2) is 12.1 Å². The summed E-state index contributed by atoms with van der Waals surface area (Å²) in [7, 11) is 1.28. The van der Waals surface area contributed by atoms with Crippen molar-refractivity contribution < 1.29 is 24.2 Å². The zero-order valence-corrected chi connectivity index (χ0v) is 16.3. The Kier molecular flexibility index (Phi) is 5.65. The molecule has 2 aliphatic rings. The predicted octanol–water partition coefficient (Wildman–Crippen LogP) is 2.88. The van der Waals surface area contributed by atoms with Gasteiger partial charge >= 0.3 is 12.0 Å². The normalized spacial score (nSPS) is 19.9. The highest BCUT2D eigenvalue weighted by Gasteiger charge is 2.55. The molecule has 2 amide bonds. The topological polar surface area (TPSA) is 96.9 Å². The Bertz CT molecular complexity index is 738. The molecule has 0 aromatic heterocycles. The number of urea groups is 1. The smallest absolute Gasteiger partial charge is 0.339 e. The average Bonchev–Trinajstić information content (AvgIpc) is 2.63. The van der Waals surface area contributed by atoms with Crippen molar-refractivity contribution in [2.45, 2.75) is 38.1 Å². The Morgan fingerprint density at radius 2 is 1.96 bits per heavy atom. The second-order valence-corrected chi connectivity index (χ2v) is 7.98. The molecule has 3 rings (SSSR count). The minimum atomic E-state index is -0.618. The molecule has 1 aromatic carbocycles. The zero-order valence-electron chi connectivity index (χ0n) is 15.6. The monoisotopic (exact) mass is 396 g/mol. The second kappa shape index (κ2) is 7.66. The van der Waals surface area contributed by atoms with E-state index in [2.05, 4.69) is 10.6 Å². The summed E-state index contributed by atoms with van der Waals surface area (Å²) in [5.74, 6) is -0.561. The van der Waals surface area contributed by atoms with Crippen LogP contribution >= 0.6 is 11.6 Å². The number of amides is 2. The minimum absolute atomic E-state index is 0.115. The summed E-state index contributed by atoms with van der Waals surface area (Å²) in [6, 6.07) is 2.75. The molecule has 0 radical (unpaired) electrons. The van der Waals surface area contributed by atoms with Crippen molar-refractivity contribution in [1.82, 2.24) is 5.32 Å². The van der Waals surface area contributed by atoms with Crippen molar-refractivity contribution in [2.24, 2.45) is 5.41 Å². The number of nitrogens with one attached hydrogen (secondary N) is 2. The lowest BCUT2D eigenvalue weighted by Gasteiger charge is -2.57. The number of methoxy groups -OCH3 is 1. The number of aliphatic hydroxyl groups excluding tert-OH is 1. The van der Waals surface area contributed by atoms with Gasteiger partial charge in [-0.2, -0.15) is 0 Å². The average molecular weight is 397 g/mol. The molecular formula is C19H25ClN2O5. The fourth-order valence-corrected chi connectivity index (χ4v) is 4.62. The highest BCUT2D eigenvalue weighted by atomic mass is 35.5. The van der Waals surface area contributed by atoms with Crippen LogP contribution in [0.3, 0.4) is 0 Å². The SMILES string of the molecule is COC(=O)c1c(Cl)ccc(NC(=O)NC2(CO)CC3(CCOCC3)C2)c1C. The van der Waals surface area contributed by atoms with Gasteiger partial charge in [0.15, 0.2) is 0 Å². The standard InChI is InChI=1S/C19H25ClN2O5/c1-12-14(4-3-13(20)15(12)16(24)26-2)21-17(25)22-19(11-23)9-18(10-19)5-7-27-8-6-18/h3-4,23H,5-11H2,1-2H3,(H2,21,22,25). The van der Waals surface area contributed by atoms with Gasteiger partial charge in [-0.1, -0.05) is 11.6 Å². The van der Waals surface area contributed by atoms with Gasteiger partial charge in [-0.05, 0) is 55.7 Å². The van der Waals surface area contributed by atoms with Crippen molar-refractivity contribution in [3.05, 3.63) is 28.3 Å². The Labute approximate surface area is 163 Å². The lowest BCUT2D eigenvalue weighted by atomic mass is 9.54. The molecule has 1 saturated heterocycles. The van der Waals surface area contributed by atoms with Crippen LogP contribution in [0.5, 0.6) is 0 Å². The highest BCUT2D eigenvalue weighted by Crippen LogP contribution is 2.54. The maximum atomic E-state index is 12.5. The molecule has 1 aliphatic heterocycles. The van der Waals surface area contributed by atoms with Gasteiger partial charge in [-0.15, -0.1) is 0 Å². The van der Waals surface area contributed by atoms with E-state index in [9.17, 15) is 14.7 Å². The summed E-state index contributed by atoms with van der Waals surface area (Å²) in [6.07, 6.45) is 3.38. The summed E-state index contributed by atoms with van der Waals surface area (Å²) in [4.78, 5) is 24.4. The lowest BCUT2D eigenvalue weighted by Crippen LogP contribution is -2.65. The van der Waals surface area contributed by atoms with Crippen LogP contribution in [0.2, 0.25) is 5.02 Å². The molecule has 3 N–H and O–H groups in total. The highest BCUT2D eigenvalue weighted by molar-refractivity contribution is 6.34. The van der Waals surface area contributed by atoms with Crippen LogP contribution in [0, 0.1) is 12.3 Å². The second-order valence-electron chi connectivity index (χ2n) is 7.57. The minimum Gasteiger partial charge on any atom is -0.465 e. The van der Waals surface area contributed by atoms with E-state index in [-0.39, 0.29) is 22.6 Å². The Balaban J connectivity index is 1.68. The first kappa shape index (κ1) is 19.9. The quantitative estimate of drug-likeness (QED) is 0.680. The van der Waals surface area contributed by atoms with Crippen molar-refractivity contribution in [2.75, 3.05) is 32.2 Å². The third-order valence-corrected chi connectivity index (χ3v) is 6.03. The first-order valence-corrected chi connectivity index (χ1v) is 9.37. The molecule has 148 valence electrons. The number of hydrogen-bond acceptors (Lipinski definition) is 5. The number of halogens is 1. The first-order valence-electron chi connectivity index (χ1n) is 8.99. The molecule has 2 fully saturated rings. The van der Waals surface area contributed by atoms with E-state index in [1.807, 2.05) is 0 Å². The van der Waals surface area contributed by atoms with Gasteiger partial charge in [-0.25, -0.2) is 9.59 Å². The number of carbonyl (C=O) groups excluding carboxylic acids is 2. The van der Waals surface area contributed by atoms with Gasteiger partial charge < -0.3 is 25.2 Å². The Hall–Kier alpha value is -1.83. The molecule has 27 heavy (non-hydrogen) atoms. The molecule has 7 nitrogen and oxygen atoms in total. The van der Waals surface area contributed by atoms with Crippen LogP contribution in [0.1, 0.15) is 41.6 Å². The number of esters is 1. The number of carbonyl (C=O) groups is 2. The third-order valence-electron chi connectivity index (χ3n) is 5.71. The molecule has 1 aromatic rings. The number of aliphatic hydroxyl groups is 1. The van der Waals surface area contributed by atoms with E-state index in [4.69, 9.17) is 21.1 Å². The van der Waals surface area contributed by atoms with Gasteiger partial charge in [-0.3, -0.25) is 0 Å². The molecule has 1 heterocycles. The van der Waals surface area contributed by atoms with Crippen molar-refractivity contribution in [1.29, 1.82) is 0 Å². The van der Waals surface area contributed by atoms with E-state index >= 15 is 0 Å². The van der Waals surface area contributed by atoms with Crippen LogP contribution < -0.4 is 10.6 Å². The van der Waals surface area contributed by atoms with E-state index in [0.29, 0.717) is 11.3 Å². The summed E-state index contributed by atoms with van der Waals surface area (Å²) >= 11 is 6.08. The van der Waals surface area contributed by atoms with Crippen molar-refractivity contribution in [3.63, 3.8) is 0 Å². The fraction of sp³-hybridized carbons (Fsp3) is 0.579. The number of hydrogen-bond donors (Lipinski definition) is 3. The fourth-order valence-electron chi connectivity index (χ4n) is 4.34. The van der Waals surface area contributed by atoms with Crippen LogP contribution in [-0.2, 0) is 9.47 Å². The summed E-state index contributed by atoms with van der Waals surface area (Å²) in [5, 5.41) is 15.8. The molecule has 0 bridgehead atoms. The molecular weight excluding hydrogens is 372 g/mol. The molecule has 0 atom stereocenters. The van der Waals surface area contributed by atoms with E-state index in [1.165, 1.54) is 7.11 Å². The zero-order chi connectivity index (χ0) is 19.7. The lowest BCUT2D eigenvalue weighted by molar-refractivity contribution is -0.0929. The van der Waals surface area contributed by atoms with Crippen LogP contribution in [0.25, 0.3) is 0 Å². The summed E-state index contributed by atoms with van der Waals surface area (Å²) < 4.78 is 10.2. The van der Waals surface area contributed by atoms with Gasteiger partial charge in [0.1, 0.15) is 0 Å². The van der Waals surface area contributed by atoms with Gasteiger partial charge in [0.2, 0.25) is 0 Å². The van der Waals surface area contributed by atoms with Crippen LogP contribution in [-0.4, -0.2) is 49.6 Å². The summed E-state index contributed by atoms with van der Waals surface area (Å²) in [5.41, 5.74) is 0.747. The first-order chi connectivity index (χ1) is 12.8. The van der Waals surface area contributed by atoms with Crippen LogP contribution in [0.4, 0.5) is 10.5 Å². The maximum Gasteiger partial charge on any atom is 0.339 e. The number of benzene rings is 1. The largest absolute Gasteiger partial charge is 0.465 e. The Morgan fingerprint density at radius 3 is 2.56 bits per heavy atom. The molecule has 1 saturated carbocycles. The van der Waals surface area contributed by atoms with E-state index < -0.39 is 17.5 Å². The van der Waals surface area contributed by atoms with Crippen molar-refractivity contribution >= 4 is 29.3 Å². The van der Waals surface area contributed by atoms with E-state index in [1.54, 1.807) is 19.1 Å². The van der Waals surface area contributed by atoms with Gasteiger partial charge in [0, 0.05) is 18.9 Å². The number of rotatable bonds is 4. The number of ether oxygens (including phenoxy) is 2. The third kappa shape index (κ3) is 3.90. The van der Waals surface area contributed by atoms with Gasteiger partial charge in [0.25, 0.3) is 0 Å². The van der Waals surface area contributed by atoms with Crippen molar-refractivity contribution in [3.8, 4) is 0 Å². The van der Waals surface area contributed by atoms with E-state index in [0.717, 1.165) is 38.9 Å². The molecule has 1 spiro atoms. The van der Waals surface area contributed by atoms with Gasteiger partial charge in [0.05, 0.1) is 29.8 Å². The number of anilines is 1. The predicted molar refractivity (Wildman–Crippen MR) is 101 cm³/mol. The molecule has 1 aliphatic carbocycles. The Morgan fingerprint density at radius 1 is 1.30 bits per heavy atom. The summed E-state index contributed by atoms with van der Waals surface area (Å²) in [6.45, 7) is 3.04. The molecule has 0 unspecified atom stereocenters.